The fraction of sp³-hybridized carbons (Fsp3) is 0.316. The molecular weight excluding hydrogens is 274 g/mol. The molecule has 0 atom stereocenters. The zero-order chi connectivity index (χ0) is 15.9. The molecule has 3 heteroatoms. The first kappa shape index (κ1) is 16.1. The van der Waals surface area contributed by atoms with Crippen LogP contribution in [0.4, 0.5) is 0 Å². The Morgan fingerprint density at radius 3 is 2.23 bits per heavy atom. The van der Waals surface area contributed by atoms with Crippen LogP contribution in [0.15, 0.2) is 48.5 Å². The SMILES string of the molecule is CCN(CC)C(=O)c1ccccc1Cc1ccc(OC)cc1. The second-order valence-electron chi connectivity index (χ2n) is 5.16. The van der Waals surface area contributed by atoms with E-state index in [2.05, 4.69) is 0 Å². The Bertz CT molecular complexity index is 616. The number of amides is 1. The molecule has 0 saturated heterocycles. The highest BCUT2D eigenvalue weighted by atomic mass is 16.5. The monoisotopic (exact) mass is 297 g/mol. The molecule has 116 valence electrons. The Hall–Kier alpha value is -2.29. The number of carbonyl (C=O) groups is 1. The van der Waals surface area contributed by atoms with Gasteiger partial charge in [-0.05, 0) is 49.6 Å². The van der Waals surface area contributed by atoms with Crippen LogP contribution in [0.2, 0.25) is 0 Å². The second kappa shape index (κ2) is 7.64. The summed E-state index contributed by atoms with van der Waals surface area (Å²) in [6.07, 6.45) is 0.743. The molecule has 2 aromatic carbocycles. The lowest BCUT2D eigenvalue weighted by atomic mass is 9.99. The number of hydrogen-bond donors (Lipinski definition) is 0. The number of nitrogens with zero attached hydrogens (tertiary/aromatic N) is 1. The van der Waals surface area contributed by atoms with Crippen molar-refractivity contribution in [2.45, 2.75) is 20.3 Å². The minimum Gasteiger partial charge on any atom is -0.497 e. The van der Waals surface area contributed by atoms with Crippen LogP contribution in [0.3, 0.4) is 0 Å². The minimum atomic E-state index is 0.106. The molecule has 0 N–H and O–H groups in total. The average molecular weight is 297 g/mol. The maximum atomic E-state index is 12.6. The Labute approximate surface area is 132 Å². The molecule has 1 amide bonds. The van der Waals surface area contributed by atoms with Crippen molar-refractivity contribution in [3.8, 4) is 5.75 Å². The van der Waals surface area contributed by atoms with Crippen LogP contribution in [-0.4, -0.2) is 31.0 Å². The van der Waals surface area contributed by atoms with Crippen LogP contribution in [0.5, 0.6) is 5.75 Å². The molecule has 0 heterocycles. The Kier molecular flexibility index (Phi) is 5.59. The summed E-state index contributed by atoms with van der Waals surface area (Å²) in [5.41, 5.74) is 3.02. The first-order valence-electron chi connectivity index (χ1n) is 7.69. The minimum absolute atomic E-state index is 0.106. The maximum Gasteiger partial charge on any atom is 0.254 e. The number of benzene rings is 2. The van der Waals surface area contributed by atoms with Crippen molar-refractivity contribution in [2.24, 2.45) is 0 Å². The molecule has 0 aromatic heterocycles. The Morgan fingerprint density at radius 1 is 1.00 bits per heavy atom. The van der Waals surface area contributed by atoms with Gasteiger partial charge in [0, 0.05) is 18.7 Å². The lowest BCUT2D eigenvalue weighted by Gasteiger charge is -2.20. The zero-order valence-corrected chi connectivity index (χ0v) is 13.5. The van der Waals surface area contributed by atoms with Crippen molar-refractivity contribution in [1.82, 2.24) is 4.90 Å². The van der Waals surface area contributed by atoms with Gasteiger partial charge in [0.15, 0.2) is 0 Å². The summed E-state index contributed by atoms with van der Waals surface area (Å²) in [5.74, 6) is 0.949. The van der Waals surface area contributed by atoms with Crippen molar-refractivity contribution in [1.29, 1.82) is 0 Å². The fourth-order valence-corrected chi connectivity index (χ4v) is 2.53. The molecule has 0 aliphatic carbocycles. The number of rotatable bonds is 6. The van der Waals surface area contributed by atoms with E-state index in [-0.39, 0.29) is 5.91 Å². The molecule has 2 aromatic rings. The molecule has 0 radical (unpaired) electrons. The predicted molar refractivity (Wildman–Crippen MR) is 89.5 cm³/mol. The number of carbonyl (C=O) groups excluding carboxylic acids is 1. The highest BCUT2D eigenvalue weighted by Crippen LogP contribution is 2.18. The summed E-state index contributed by atoms with van der Waals surface area (Å²) < 4.78 is 5.18. The highest BCUT2D eigenvalue weighted by molar-refractivity contribution is 5.95. The van der Waals surface area contributed by atoms with Gasteiger partial charge in [0.25, 0.3) is 5.91 Å². The van der Waals surface area contributed by atoms with Gasteiger partial charge in [0.1, 0.15) is 5.75 Å². The van der Waals surface area contributed by atoms with Gasteiger partial charge >= 0.3 is 0 Å². The van der Waals surface area contributed by atoms with E-state index in [0.717, 1.165) is 36.4 Å². The van der Waals surface area contributed by atoms with Gasteiger partial charge in [-0.2, -0.15) is 0 Å². The van der Waals surface area contributed by atoms with E-state index in [9.17, 15) is 4.79 Å². The Morgan fingerprint density at radius 2 is 1.64 bits per heavy atom. The number of hydrogen-bond acceptors (Lipinski definition) is 2. The van der Waals surface area contributed by atoms with Crippen LogP contribution >= 0.6 is 0 Å². The normalized spacial score (nSPS) is 10.3. The quantitative estimate of drug-likeness (QED) is 0.812. The van der Waals surface area contributed by atoms with Crippen molar-refractivity contribution >= 4 is 5.91 Å². The summed E-state index contributed by atoms with van der Waals surface area (Å²) in [7, 11) is 1.66. The summed E-state index contributed by atoms with van der Waals surface area (Å²) >= 11 is 0. The average Bonchev–Trinajstić information content (AvgIpc) is 2.57. The lowest BCUT2D eigenvalue weighted by molar-refractivity contribution is 0.0772. The van der Waals surface area contributed by atoms with E-state index in [1.807, 2.05) is 67.3 Å². The summed E-state index contributed by atoms with van der Waals surface area (Å²) in [6, 6.07) is 15.8. The van der Waals surface area contributed by atoms with E-state index in [1.54, 1.807) is 7.11 Å². The van der Waals surface area contributed by atoms with E-state index in [0.29, 0.717) is 0 Å². The molecule has 3 nitrogen and oxygen atoms in total. The molecule has 0 aliphatic rings. The van der Waals surface area contributed by atoms with Crippen LogP contribution < -0.4 is 4.74 Å². The maximum absolute atomic E-state index is 12.6. The molecule has 0 saturated carbocycles. The highest BCUT2D eigenvalue weighted by Gasteiger charge is 2.16. The van der Waals surface area contributed by atoms with Crippen molar-refractivity contribution < 1.29 is 9.53 Å². The second-order valence-corrected chi connectivity index (χ2v) is 5.16. The number of methoxy groups -OCH3 is 1. The zero-order valence-electron chi connectivity index (χ0n) is 13.5. The summed E-state index contributed by atoms with van der Waals surface area (Å²) in [5, 5.41) is 0. The predicted octanol–water partition coefficient (Wildman–Crippen LogP) is 3.77. The van der Waals surface area contributed by atoms with Gasteiger partial charge in [0.2, 0.25) is 0 Å². The third-order valence-electron chi connectivity index (χ3n) is 3.85. The third kappa shape index (κ3) is 3.67. The van der Waals surface area contributed by atoms with E-state index in [1.165, 1.54) is 5.56 Å². The molecule has 0 spiro atoms. The van der Waals surface area contributed by atoms with Crippen molar-refractivity contribution in [3.63, 3.8) is 0 Å². The summed E-state index contributed by atoms with van der Waals surface area (Å²) in [6.45, 7) is 5.47. The summed E-state index contributed by atoms with van der Waals surface area (Å²) in [4.78, 5) is 14.5. The molecule has 0 bridgehead atoms. The van der Waals surface area contributed by atoms with E-state index >= 15 is 0 Å². The van der Waals surface area contributed by atoms with E-state index in [4.69, 9.17) is 4.74 Å². The third-order valence-corrected chi connectivity index (χ3v) is 3.85. The molecule has 0 fully saturated rings. The number of ether oxygens (including phenoxy) is 1. The van der Waals surface area contributed by atoms with Crippen LogP contribution in [0.25, 0.3) is 0 Å². The smallest absolute Gasteiger partial charge is 0.254 e. The Balaban J connectivity index is 2.25. The van der Waals surface area contributed by atoms with Gasteiger partial charge in [0.05, 0.1) is 7.11 Å². The molecule has 2 rings (SSSR count). The van der Waals surface area contributed by atoms with Crippen LogP contribution in [-0.2, 0) is 6.42 Å². The first-order chi connectivity index (χ1) is 10.7. The topological polar surface area (TPSA) is 29.5 Å². The standard InChI is InChI=1S/C19H23NO2/c1-4-20(5-2)19(21)18-9-7-6-8-16(18)14-15-10-12-17(22-3)13-11-15/h6-13H,4-5,14H2,1-3H3. The first-order valence-corrected chi connectivity index (χ1v) is 7.69. The molecule has 22 heavy (non-hydrogen) atoms. The largest absolute Gasteiger partial charge is 0.497 e. The fourth-order valence-electron chi connectivity index (χ4n) is 2.53. The lowest BCUT2D eigenvalue weighted by Crippen LogP contribution is -2.31. The van der Waals surface area contributed by atoms with Gasteiger partial charge in [-0.1, -0.05) is 30.3 Å². The van der Waals surface area contributed by atoms with Crippen LogP contribution in [0.1, 0.15) is 35.3 Å². The molecule has 0 unspecified atom stereocenters. The van der Waals surface area contributed by atoms with Gasteiger partial charge in [-0.3, -0.25) is 4.79 Å². The van der Waals surface area contributed by atoms with Crippen molar-refractivity contribution in [2.75, 3.05) is 20.2 Å². The van der Waals surface area contributed by atoms with Gasteiger partial charge in [-0.25, -0.2) is 0 Å². The van der Waals surface area contributed by atoms with E-state index < -0.39 is 0 Å². The van der Waals surface area contributed by atoms with Crippen LogP contribution in [0, 0.1) is 0 Å². The van der Waals surface area contributed by atoms with Gasteiger partial charge in [-0.15, -0.1) is 0 Å². The molecular formula is C19H23NO2. The van der Waals surface area contributed by atoms with Gasteiger partial charge < -0.3 is 9.64 Å². The molecule has 0 aliphatic heterocycles. The van der Waals surface area contributed by atoms with Crippen molar-refractivity contribution in [3.05, 3.63) is 65.2 Å².